The van der Waals surface area contributed by atoms with Crippen molar-refractivity contribution in [2.45, 2.75) is 6.10 Å². The van der Waals surface area contributed by atoms with Crippen molar-refractivity contribution in [3.8, 4) is 0 Å². The molecule has 4 aromatic carbocycles. The molecule has 4 aromatic rings. The van der Waals surface area contributed by atoms with Gasteiger partial charge in [0.05, 0.1) is 10.0 Å². The van der Waals surface area contributed by atoms with E-state index in [4.69, 9.17) is 46.4 Å². The van der Waals surface area contributed by atoms with Crippen LogP contribution in [-0.2, 0) is 0 Å². The first-order chi connectivity index (χ1) is 15.4. The molecule has 1 N–H and O–H groups in total. The van der Waals surface area contributed by atoms with Gasteiger partial charge in [-0.05, 0) is 36.4 Å². The summed E-state index contributed by atoms with van der Waals surface area (Å²) < 4.78 is 0. The molecular formula is C26H18Cl4O2. The van der Waals surface area contributed by atoms with Crippen molar-refractivity contribution in [3.63, 3.8) is 0 Å². The van der Waals surface area contributed by atoms with Crippen molar-refractivity contribution in [3.05, 3.63) is 139 Å². The number of carbonyl (C=O) groups excluding carboxylic acids is 1. The Kier molecular flexibility index (Phi) is 8.75. The maximum Gasteiger partial charge on any atom is 0.196 e. The number of benzene rings is 4. The average Bonchev–Trinajstić information content (AvgIpc) is 2.80. The van der Waals surface area contributed by atoms with E-state index in [0.717, 1.165) is 0 Å². The molecule has 0 aliphatic heterocycles. The fourth-order valence-electron chi connectivity index (χ4n) is 3.00. The summed E-state index contributed by atoms with van der Waals surface area (Å²) in [6.07, 6.45) is -0.789. The van der Waals surface area contributed by atoms with Crippen molar-refractivity contribution in [2.75, 3.05) is 0 Å². The van der Waals surface area contributed by atoms with Crippen molar-refractivity contribution in [1.82, 2.24) is 0 Å². The van der Waals surface area contributed by atoms with Crippen LogP contribution in [0.25, 0.3) is 0 Å². The highest BCUT2D eigenvalue weighted by Gasteiger charge is 2.16. The molecule has 0 aliphatic carbocycles. The van der Waals surface area contributed by atoms with Gasteiger partial charge in [0.2, 0.25) is 0 Å². The van der Waals surface area contributed by atoms with Gasteiger partial charge < -0.3 is 5.11 Å². The number of ketones is 1. The van der Waals surface area contributed by atoms with Crippen LogP contribution in [0.15, 0.2) is 97.1 Å². The summed E-state index contributed by atoms with van der Waals surface area (Å²) >= 11 is 24.0. The summed E-state index contributed by atoms with van der Waals surface area (Å²) in [6.45, 7) is 0. The second-order valence-corrected chi connectivity index (χ2v) is 8.36. The van der Waals surface area contributed by atoms with Crippen LogP contribution in [0, 0.1) is 0 Å². The Hall–Kier alpha value is -2.33. The molecule has 32 heavy (non-hydrogen) atoms. The molecule has 162 valence electrons. The highest BCUT2D eigenvalue weighted by molar-refractivity contribution is 6.38. The molecule has 2 nitrogen and oxygen atoms in total. The molecule has 0 saturated heterocycles. The number of halogens is 4. The Morgan fingerprint density at radius 3 is 1.19 bits per heavy atom. The molecular weight excluding hydrogens is 486 g/mol. The number of rotatable bonds is 4. The lowest BCUT2D eigenvalue weighted by atomic mass is 10.0. The topological polar surface area (TPSA) is 37.3 Å². The van der Waals surface area contributed by atoms with Gasteiger partial charge in [-0.1, -0.05) is 107 Å². The predicted molar refractivity (Wildman–Crippen MR) is 133 cm³/mol. The quantitative estimate of drug-likeness (QED) is 0.284. The van der Waals surface area contributed by atoms with Crippen LogP contribution in [0.4, 0.5) is 0 Å². The SMILES string of the molecule is O=C(c1ccccc1Cl)c1ccccc1Cl.OC(c1ccccc1Cl)c1ccccc1Cl. The van der Waals surface area contributed by atoms with Gasteiger partial charge in [-0.2, -0.15) is 0 Å². The van der Waals surface area contributed by atoms with Crippen molar-refractivity contribution in [2.24, 2.45) is 0 Å². The van der Waals surface area contributed by atoms with Crippen LogP contribution in [-0.4, -0.2) is 10.9 Å². The predicted octanol–water partition coefficient (Wildman–Crippen LogP) is 8.30. The van der Waals surface area contributed by atoms with E-state index >= 15 is 0 Å². The Bertz CT molecular complexity index is 1130. The molecule has 6 heteroatoms. The second kappa shape index (κ2) is 11.5. The third kappa shape index (κ3) is 5.92. The van der Waals surface area contributed by atoms with Crippen LogP contribution in [0.1, 0.15) is 33.2 Å². The summed E-state index contributed by atoms with van der Waals surface area (Å²) in [5.74, 6) is -0.156. The molecule has 4 rings (SSSR count). The van der Waals surface area contributed by atoms with Crippen LogP contribution in [0.5, 0.6) is 0 Å². The molecule has 0 amide bonds. The molecule has 0 unspecified atom stereocenters. The lowest BCUT2D eigenvalue weighted by Gasteiger charge is -2.14. The monoisotopic (exact) mass is 502 g/mol. The second-order valence-electron chi connectivity index (χ2n) is 6.73. The van der Waals surface area contributed by atoms with Gasteiger partial charge in [-0.25, -0.2) is 0 Å². The van der Waals surface area contributed by atoms with E-state index in [1.807, 2.05) is 24.3 Å². The Balaban J connectivity index is 0.000000181. The maximum absolute atomic E-state index is 12.1. The summed E-state index contributed by atoms with van der Waals surface area (Å²) in [4.78, 5) is 12.1. The number of aliphatic hydroxyl groups excluding tert-OH is 1. The van der Waals surface area contributed by atoms with E-state index in [-0.39, 0.29) is 5.78 Å². The molecule has 0 spiro atoms. The summed E-state index contributed by atoms with van der Waals surface area (Å²) in [6, 6.07) is 28.3. The smallest absolute Gasteiger partial charge is 0.196 e. The largest absolute Gasteiger partial charge is 0.384 e. The van der Waals surface area contributed by atoms with Crippen LogP contribution >= 0.6 is 46.4 Å². The minimum Gasteiger partial charge on any atom is -0.384 e. The highest BCUT2D eigenvalue weighted by Crippen LogP contribution is 2.31. The van der Waals surface area contributed by atoms with Crippen molar-refractivity contribution in [1.29, 1.82) is 0 Å². The van der Waals surface area contributed by atoms with E-state index < -0.39 is 6.10 Å². The Morgan fingerprint density at radius 1 is 0.531 bits per heavy atom. The molecule has 0 radical (unpaired) electrons. The minimum absolute atomic E-state index is 0.156. The zero-order valence-corrected chi connectivity index (χ0v) is 19.7. The zero-order chi connectivity index (χ0) is 23.1. The van der Waals surface area contributed by atoms with Crippen molar-refractivity contribution < 1.29 is 9.90 Å². The van der Waals surface area contributed by atoms with E-state index in [0.29, 0.717) is 42.3 Å². The van der Waals surface area contributed by atoms with Crippen LogP contribution < -0.4 is 0 Å². The molecule has 0 aromatic heterocycles. The highest BCUT2D eigenvalue weighted by atomic mass is 35.5. The van der Waals surface area contributed by atoms with Gasteiger partial charge in [0.25, 0.3) is 0 Å². The molecule has 0 fully saturated rings. The van der Waals surface area contributed by atoms with E-state index in [2.05, 4.69) is 0 Å². The fourth-order valence-corrected chi connectivity index (χ4v) is 3.92. The van der Waals surface area contributed by atoms with Gasteiger partial charge in [0, 0.05) is 32.3 Å². The number of hydrogen-bond acceptors (Lipinski definition) is 2. The Labute approximate surface area is 207 Å². The lowest BCUT2D eigenvalue weighted by molar-refractivity contribution is 0.103. The maximum atomic E-state index is 12.1. The van der Waals surface area contributed by atoms with E-state index in [1.165, 1.54) is 0 Å². The van der Waals surface area contributed by atoms with Gasteiger partial charge in [-0.3, -0.25) is 4.79 Å². The first-order valence-electron chi connectivity index (χ1n) is 9.61. The van der Waals surface area contributed by atoms with Crippen molar-refractivity contribution >= 4 is 52.2 Å². The molecule has 0 heterocycles. The third-order valence-corrected chi connectivity index (χ3v) is 5.98. The molecule has 0 atom stereocenters. The number of hydrogen-bond donors (Lipinski definition) is 1. The fraction of sp³-hybridized carbons (Fsp3) is 0.0385. The number of aliphatic hydroxyl groups is 1. The summed E-state index contributed by atoms with van der Waals surface area (Å²) in [7, 11) is 0. The van der Waals surface area contributed by atoms with Crippen LogP contribution in [0.3, 0.4) is 0 Å². The minimum atomic E-state index is -0.789. The molecule has 0 aliphatic rings. The Morgan fingerprint density at radius 2 is 0.844 bits per heavy atom. The van der Waals surface area contributed by atoms with E-state index in [9.17, 15) is 9.90 Å². The van der Waals surface area contributed by atoms with Gasteiger partial charge in [0.1, 0.15) is 6.10 Å². The summed E-state index contributed by atoms with van der Waals surface area (Å²) in [5, 5.41) is 12.1. The third-order valence-electron chi connectivity index (χ3n) is 4.64. The average molecular weight is 504 g/mol. The van der Waals surface area contributed by atoms with E-state index in [1.54, 1.807) is 72.8 Å². The first-order valence-corrected chi connectivity index (χ1v) is 11.1. The summed E-state index contributed by atoms with van der Waals surface area (Å²) in [5.41, 5.74) is 2.27. The van der Waals surface area contributed by atoms with Gasteiger partial charge >= 0.3 is 0 Å². The standard InChI is InChI=1S/C13H10Cl2O.C13H8Cl2O/c2*14-11-7-3-1-5-9(11)13(16)10-6-2-4-8-12(10)15/h1-8,13,16H;1-8H. The van der Waals surface area contributed by atoms with Gasteiger partial charge in [-0.15, -0.1) is 0 Å². The normalized spacial score (nSPS) is 10.4. The first kappa shape index (κ1) is 24.3. The molecule has 0 bridgehead atoms. The van der Waals surface area contributed by atoms with Gasteiger partial charge in [0.15, 0.2) is 5.78 Å². The number of carbonyl (C=O) groups is 1. The zero-order valence-electron chi connectivity index (χ0n) is 16.7. The van der Waals surface area contributed by atoms with Crippen LogP contribution in [0.2, 0.25) is 20.1 Å². The lowest BCUT2D eigenvalue weighted by Crippen LogP contribution is -2.02. The molecule has 0 saturated carbocycles.